The first-order valence-electron chi connectivity index (χ1n) is 1.06. The van der Waals surface area contributed by atoms with Crippen molar-refractivity contribution in [1.29, 1.82) is 0 Å². The average molecular weight is 190 g/mol. The molecule has 0 aromatic heterocycles. The van der Waals surface area contributed by atoms with Crippen LogP contribution in [0.4, 0.5) is 0 Å². The zero-order valence-electron chi connectivity index (χ0n) is 3.42. The summed E-state index contributed by atoms with van der Waals surface area (Å²) >= 11 is 0. The fourth-order valence-electron chi connectivity index (χ4n) is 0. The van der Waals surface area contributed by atoms with Crippen LogP contribution < -0.4 is 0 Å². The summed E-state index contributed by atoms with van der Waals surface area (Å²) in [5.41, 5.74) is 0. The molecule has 0 saturated carbocycles. The van der Waals surface area contributed by atoms with Crippen LogP contribution in [0.5, 0.6) is 0 Å². The fraction of sp³-hybridized carbons (Fsp3) is 0. The molecule has 0 spiro atoms. The van der Waals surface area contributed by atoms with Gasteiger partial charge in [-0.25, -0.2) is 0 Å². The molecule has 53 valence electrons. The normalized spacial score (nSPS) is 5.38. The molecule has 8 heavy (non-hydrogen) atoms. The van der Waals surface area contributed by atoms with E-state index in [0.29, 0.717) is 0 Å². The van der Waals surface area contributed by atoms with Gasteiger partial charge in [0.05, 0.1) is 0 Å². The molecule has 0 aliphatic heterocycles. The number of rotatable bonds is 0. The molecular weight excluding hydrogens is 187 g/mol. The number of hydrogen-bond acceptors (Lipinski definition) is 3. The fourth-order valence-corrected chi connectivity index (χ4v) is 0. The van der Waals surface area contributed by atoms with Crippen molar-refractivity contribution in [3.8, 4) is 0 Å². The maximum Gasteiger partial charge on any atom is 0.373 e. The van der Waals surface area contributed by atoms with E-state index in [2.05, 4.69) is 0 Å². The van der Waals surface area contributed by atoms with Crippen LogP contribution in [-0.4, -0.2) is 15.9 Å². The van der Waals surface area contributed by atoms with Crippen molar-refractivity contribution in [1.82, 2.24) is 0 Å². The minimum atomic E-state index is -3.13. The van der Waals surface area contributed by atoms with Gasteiger partial charge in [0.2, 0.25) is 0 Å². The van der Waals surface area contributed by atoms with Crippen LogP contribution in [0.3, 0.4) is 0 Å². The first-order valence-corrected chi connectivity index (χ1v) is 2.36. The van der Waals surface area contributed by atoms with Gasteiger partial charge in [0.15, 0.2) is 0 Å². The van der Waals surface area contributed by atoms with Gasteiger partial charge >= 0.3 is 14.4 Å². The summed E-state index contributed by atoms with van der Waals surface area (Å²) < 4.78 is 8.74. The van der Waals surface area contributed by atoms with Crippen LogP contribution in [-0.2, 0) is 31.2 Å². The maximum atomic E-state index is 8.74. The first kappa shape index (κ1) is 15.7. The Bertz CT molecular complexity index is 80.4. The second-order valence-electron chi connectivity index (χ2n) is 0.366. The molecule has 0 saturated heterocycles. The zero-order chi connectivity index (χ0) is 6.28. The van der Waals surface area contributed by atoms with Gasteiger partial charge in [0.1, 0.15) is 0 Å². The van der Waals surface area contributed by atoms with E-state index in [4.69, 9.17) is 23.9 Å². The van der Waals surface area contributed by atoms with Crippen LogP contribution in [0.2, 0.25) is 0 Å². The van der Waals surface area contributed by atoms with Gasteiger partial charge in [0.25, 0.3) is 0 Å². The SMILES string of the molecule is O=C=O.O=[PH](O)O.[Cu]. The standard InChI is InChI=1S/CO2.Cu.H3O3P/c2-1-3;;1-4(2)3/h;;4H,(H2,1,2,3). The van der Waals surface area contributed by atoms with Gasteiger partial charge in [-0.05, 0) is 0 Å². The monoisotopic (exact) mass is 189 g/mol. The molecule has 1 radical (unpaired) electrons. The van der Waals surface area contributed by atoms with E-state index in [0.717, 1.165) is 0 Å². The largest absolute Gasteiger partial charge is 0.373 e. The zero-order valence-corrected chi connectivity index (χ0v) is 5.36. The van der Waals surface area contributed by atoms with E-state index in [-0.39, 0.29) is 23.2 Å². The van der Waals surface area contributed by atoms with Gasteiger partial charge < -0.3 is 9.79 Å². The Labute approximate surface area is 56.1 Å². The van der Waals surface area contributed by atoms with Crippen molar-refractivity contribution in [3.05, 3.63) is 0 Å². The average Bonchev–Trinajstić information content (AvgIpc) is 1.33. The molecule has 2 N–H and O–H groups in total. The summed E-state index contributed by atoms with van der Waals surface area (Å²) in [6.45, 7) is 0. The van der Waals surface area contributed by atoms with Crippen LogP contribution in [0.1, 0.15) is 0 Å². The van der Waals surface area contributed by atoms with E-state index in [1.165, 1.54) is 0 Å². The third kappa shape index (κ3) is 63000. The Morgan fingerprint density at radius 2 is 1.25 bits per heavy atom. The van der Waals surface area contributed by atoms with Crippen LogP contribution in [0.25, 0.3) is 0 Å². The molecular formula is CH3CuO5P. The predicted octanol–water partition coefficient (Wildman–Crippen LogP) is -1.23. The van der Waals surface area contributed by atoms with Crippen molar-refractivity contribution in [2.45, 2.75) is 0 Å². The van der Waals surface area contributed by atoms with E-state index >= 15 is 0 Å². The van der Waals surface area contributed by atoms with E-state index in [1.807, 2.05) is 0 Å². The number of hydrogen-bond donors (Lipinski definition) is 2. The van der Waals surface area contributed by atoms with Crippen molar-refractivity contribution in [3.63, 3.8) is 0 Å². The van der Waals surface area contributed by atoms with Crippen LogP contribution in [0, 0.1) is 0 Å². The third-order valence-electron chi connectivity index (χ3n) is 0. The Balaban J connectivity index is -0.0000000575. The quantitative estimate of drug-likeness (QED) is 0.368. The van der Waals surface area contributed by atoms with Gasteiger partial charge in [-0.3, -0.25) is 4.57 Å². The van der Waals surface area contributed by atoms with Gasteiger partial charge in [-0.2, -0.15) is 9.59 Å². The minimum absolute atomic E-state index is 0. The molecule has 0 aromatic rings. The Hall–Kier alpha value is 0.0495. The molecule has 0 aliphatic rings. The van der Waals surface area contributed by atoms with Crippen LogP contribution >= 0.6 is 8.25 Å². The van der Waals surface area contributed by atoms with E-state index < -0.39 is 8.25 Å². The molecule has 5 nitrogen and oxygen atoms in total. The molecule has 0 rings (SSSR count). The molecule has 0 amide bonds. The minimum Gasteiger partial charge on any atom is -0.326 e. The molecule has 7 heteroatoms. The molecule has 0 bridgehead atoms. The molecule has 0 aliphatic carbocycles. The van der Waals surface area contributed by atoms with Gasteiger partial charge in [-0.1, -0.05) is 0 Å². The van der Waals surface area contributed by atoms with Gasteiger partial charge in [-0.15, -0.1) is 0 Å². The Kier molecular flexibility index (Phi) is 30.9. The smallest absolute Gasteiger partial charge is 0.326 e. The number of carbonyl (C=O) groups excluding carboxylic acids is 2. The molecule has 0 unspecified atom stereocenters. The summed E-state index contributed by atoms with van der Waals surface area (Å²) in [5, 5.41) is 0. The molecule has 0 atom stereocenters. The second kappa shape index (κ2) is 15.7. The summed E-state index contributed by atoms with van der Waals surface area (Å²) in [6, 6.07) is 0. The molecule has 0 fully saturated rings. The van der Waals surface area contributed by atoms with Crippen molar-refractivity contribution < 1.29 is 41.0 Å². The van der Waals surface area contributed by atoms with Gasteiger partial charge in [0, 0.05) is 17.1 Å². The maximum absolute atomic E-state index is 8.74. The molecule has 0 aromatic carbocycles. The topological polar surface area (TPSA) is 91.7 Å². The summed E-state index contributed by atoms with van der Waals surface area (Å²) in [6.07, 6.45) is 0.250. The first-order chi connectivity index (χ1) is 3.15. The second-order valence-corrected chi connectivity index (χ2v) is 0.931. The molecule has 0 heterocycles. The van der Waals surface area contributed by atoms with Crippen molar-refractivity contribution >= 4 is 14.4 Å². The third-order valence-corrected chi connectivity index (χ3v) is 0. The Morgan fingerprint density at radius 1 is 1.25 bits per heavy atom. The summed E-state index contributed by atoms with van der Waals surface area (Å²) in [4.78, 5) is 30.6. The van der Waals surface area contributed by atoms with Crippen molar-refractivity contribution in [2.75, 3.05) is 0 Å². The van der Waals surface area contributed by atoms with Crippen molar-refractivity contribution in [2.24, 2.45) is 0 Å². The van der Waals surface area contributed by atoms with Crippen LogP contribution in [0.15, 0.2) is 0 Å². The van der Waals surface area contributed by atoms with E-state index in [1.54, 1.807) is 0 Å². The predicted molar refractivity (Wildman–Crippen MR) is 18.4 cm³/mol. The summed E-state index contributed by atoms with van der Waals surface area (Å²) in [5.74, 6) is 0. The van der Waals surface area contributed by atoms with E-state index in [9.17, 15) is 0 Å². The Morgan fingerprint density at radius 3 is 1.25 bits per heavy atom. The summed E-state index contributed by atoms with van der Waals surface area (Å²) in [7, 11) is -3.13.